The zero-order valence-corrected chi connectivity index (χ0v) is 18.3. The minimum absolute atomic E-state index is 0.0757. The minimum Gasteiger partial charge on any atom is -0.352 e. The molecule has 3 aromatic rings. The lowest BCUT2D eigenvalue weighted by atomic mass is 9.95. The maximum absolute atomic E-state index is 14.2. The molecular weight excluding hydrogens is 418 g/mol. The molecule has 1 aromatic heterocycles. The predicted molar refractivity (Wildman–Crippen MR) is 118 cm³/mol. The van der Waals surface area contributed by atoms with E-state index in [1.54, 1.807) is 36.9 Å². The Kier molecular flexibility index (Phi) is 6.05. The van der Waals surface area contributed by atoms with Gasteiger partial charge in [-0.3, -0.25) is 9.59 Å². The molecule has 0 spiro atoms. The fourth-order valence-electron chi connectivity index (χ4n) is 4.03. The van der Waals surface area contributed by atoms with Crippen LogP contribution in [0.2, 0.25) is 0 Å². The number of fused-ring (bicyclic) bond motifs is 1. The summed E-state index contributed by atoms with van der Waals surface area (Å²) in [5, 5.41) is 3.39. The molecule has 0 radical (unpaired) electrons. The molecule has 4 nitrogen and oxygen atoms in total. The molecule has 0 saturated carbocycles. The van der Waals surface area contributed by atoms with Gasteiger partial charge in [0.2, 0.25) is 5.91 Å². The van der Waals surface area contributed by atoms with Crippen molar-refractivity contribution in [2.24, 2.45) is 5.92 Å². The van der Waals surface area contributed by atoms with Crippen molar-refractivity contribution in [2.45, 2.75) is 33.2 Å². The van der Waals surface area contributed by atoms with Crippen molar-refractivity contribution >= 4 is 33.2 Å². The topological polar surface area (TPSA) is 49.4 Å². The molecule has 1 aliphatic heterocycles. The Morgan fingerprint density at radius 1 is 1.10 bits per heavy atom. The molecule has 2 amide bonds. The normalized spacial score (nSPS) is 14.8. The summed E-state index contributed by atoms with van der Waals surface area (Å²) in [5.74, 6) is -0.954. The first-order valence-corrected chi connectivity index (χ1v) is 11.2. The van der Waals surface area contributed by atoms with Crippen LogP contribution in [0.5, 0.6) is 0 Å². The first kappa shape index (κ1) is 21.4. The third kappa shape index (κ3) is 4.32. The van der Waals surface area contributed by atoms with E-state index in [-0.39, 0.29) is 35.9 Å². The standard InChI is InChI=1S/C24H24F2N2O2S/c1-14-6-7-16(12-19(14)26)13-27-23(29)17-8-10-28(11-9-17)24(30)22-15(2)21-18(25)4-3-5-20(21)31-22/h3-7,12,17H,8-11,13H2,1-2H3,(H,27,29). The van der Waals surface area contributed by atoms with Gasteiger partial charge in [-0.15, -0.1) is 11.3 Å². The van der Waals surface area contributed by atoms with E-state index in [1.165, 1.54) is 23.5 Å². The van der Waals surface area contributed by atoms with Gasteiger partial charge in [0.15, 0.2) is 0 Å². The van der Waals surface area contributed by atoms with E-state index in [1.807, 2.05) is 6.07 Å². The number of benzene rings is 2. The molecule has 1 fully saturated rings. The van der Waals surface area contributed by atoms with E-state index in [9.17, 15) is 18.4 Å². The number of piperidine rings is 1. The molecule has 2 heterocycles. The summed E-state index contributed by atoms with van der Waals surface area (Å²) in [4.78, 5) is 27.9. The molecule has 2 aromatic carbocycles. The third-order valence-corrected chi connectivity index (χ3v) is 7.20. The average molecular weight is 443 g/mol. The molecule has 31 heavy (non-hydrogen) atoms. The monoisotopic (exact) mass is 442 g/mol. The van der Waals surface area contributed by atoms with Crippen LogP contribution in [0.25, 0.3) is 10.1 Å². The second-order valence-corrected chi connectivity index (χ2v) is 9.09. The summed E-state index contributed by atoms with van der Waals surface area (Å²) in [7, 11) is 0. The van der Waals surface area contributed by atoms with Crippen molar-refractivity contribution in [2.75, 3.05) is 13.1 Å². The van der Waals surface area contributed by atoms with Crippen molar-refractivity contribution in [3.63, 3.8) is 0 Å². The fraction of sp³-hybridized carbons (Fsp3) is 0.333. The number of carbonyl (C=O) groups excluding carboxylic acids is 2. The molecule has 0 bridgehead atoms. The number of carbonyl (C=O) groups is 2. The summed E-state index contributed by atoms with van der Waals surface area (Å²) in [6.07, 6.45) is 1.14. The quantitative estimate of drug-likeness (QED) is 0.621. The fourth-order valence-corrected chi connectivity index (χ4v) is 5.22. The van der Waals surface area contributed by atoms with Crippen LogP contribution in [0.1, 0.15) is 39.2 Å². The first-order chi connectivity index (χ1) is 14.8. The van der Waals surface area contributed by atoms with Crippen LogP contribution in [0.15, 0.2) is 36.4 Å². The number of thiophene rings is 1. The highest BCUT2D eigenvalue weighted by Gasteiger charge is 2.29. The van der Waals surface area contributed by atoms with Crippen LogP contribution in [0.3, 0.4) is 0 Å². The molecule has 4 rings (SSSR count). The van der Waals surface area contributed by atoms with Gasteiger partial charge >= 0.3 is 0 Å². The van der Waals surface area contributed by atoms with E-state index in [0.29, 0.717) is 47.3 Å². The molecule has 162 valence electrons. The number of nitrogens with one attached hydrogen (secondary N) is 1. The average Bonchev–Trinajstić information content (AvgIpc) is 3.11. The second-order valence-electron chi connectivity index (χ2n) is 8.04. The van der Waals surface area contributed by atoms with Gasteiger partial charge in [0, 0.05) is 35.6 Å². The number of nitrogens with zero attached hydrogens (tertiary/aromatic N) is 1. The van der Waals surface area contributed by atoms with Crippen molar-refractivity contribution in [1.82, 2.24) is 10.2 Å². The molecule has 1 aliphatic rings. The van der Waals surface area contributed by atoms with Crippen LogP contribution in [-0.4, -0.2) is 29.8 Å². The SMILES string of the molecule is Cc1ccc(CNC(=O)C2CCN(C(=O)c3sc4cccc(F)c4c3C)CC2)cc1F. The lowest BCUT2D eigenvalue weighted by Crippen LogP contribution is -2.42. The highest BCUT2D eigenvalue weighted by molar-refractivity contribution is 7.21. The summed E-state index contributed by atoms with van der Waals surface area (Å²) < 4.78 is 28.6. The van der Waals surface area contributed by atoms with Gasteiger partial charge < -0.3 is 10.2 Å². The Hall–Kier alpha value is -2.80. The van der Waals surface area contributed by atoms with Gasteiger partial charge in [-0.25, -0.2) is 8.78 Å². The molecule has 0 aliphatic carbocycles. The van der Waals surface area contributed by atoms with Crippen LogP contribution < -0.4 is 5.32 Å². The summed E-state index contributed by atoms with van der Waals surface area (Å²) in [6.45, 7) is 4.72. The van der Waals surface area contributed by atoms with Gasteiger partial charge in [-0.05, 0) is 61.6 Å². The Morgan fingerprint density at radius 2 is 1.84 bits per heavy atom. The summed E-state index contributed by atoms with van der Waals surface area (Å²) in [6, 6.07) is 9.82. The minimum atomic E-state index is -0.311. The number of amides is 2. The van der Waals surface area contributed by atoms with E-state index in [0.717, 1.165) is 10.3 Å². The smallest absolute Gasteiger partial charge is 0.264 e. The van der Waals surface area contributed by atoms with Crippen LogP contribution >= 0.6 is 11.3 Å². The van der Waals surface area contributed by atoms with Crippen molar-refractivity contribution in [3.8, 4) is 0 Å². The van der Waals surface area contributed by atoms with Crippen LogP contribution in [-0.2, 0) is 11.3 Å². The highest BCUT2D eigenvalue weighted by atomic mass is 32.1. The molecule has 1 N–H and O–H groups in total. The molecule has 1 saturated heterocycles. The molecule has 7 heteroatoms. The Bertz CT molecular complexity index is 1150. The zero-order valence-electron chi connectivity index (χ0n) is 17.5. The largest absolute Gasteiger partial charge is 0.352 e. The van der Waals surface area contributed by atoms with E-state index < -0.39 is 0 Å². The summed E-state index contributed by atoms with van der Waals surface area (Å²) >= 11 is 1.31. The van der Waals surface area contributed by atoms with Crippen molar-refractivity contribution in [3.05, 3.63) is 69.6 Å². The molecular formula is C24H24F2N2O2S. The maximum atomic E-state index is 14.2. The molecule has 0 atom stereocenters. The van der Waals surface area contributed by atoms with Crippen molar-refractivity contribution in [1.29, 1.82) is 0 Å². The number of likely N-dealkylation sites (tertiary alicyclic amines) is 1. The van der Waals surface area contributed by atoms with E-state index in [4.69, 9.17) is 0 Å². The van der Waals surface area contributed by atoms with E-state index >= 15 is 0 Å². The van der Waals surface area contributed by atoms with Gasteiger partial charge in [0.1, 0.15) is 11.6 Å². The maximum Gasteiger partial charge on any atom is 0.264 e. The van der Waals surface area contributed by atoms with Crippen LogP contribution in [0.4, 0.5) is 8.78 Å². The molecule has 0 unspecified atom stereocenters. The van der Waals surface area contributed by atoms with E-state index in [2.05, 4.69) is 5.32 Å². The van der Waals surface area contributed by atoms with Gasteiger partial charge in [0.05, 0.1) is 4.88 Å². The lowest BCUT2D eigenvalue weighted by molar-refractivity contribution is -0.126. The second kappa shape index (κ2) is 8.75. The Morgan fingerprint density at radius 3 is 2.52 bits per heavy atom. The number of hydrogen-bond donors (Lipinski definition) is 1. The van der Waals surface area contributed by atoms with Gasteiger partial charge in [-0.1, -0.05) is 18.2 Å². The Balaban J connectivity index is 1.35. The first-order valence-electron chi connectivity index (χ1n) is 10.3. The lowest BCUT2D eigenvalue weighted by Gasteiger charge is -2.31. The highest BCUT2D eigenvalue weighted by Crippen LogP contribution is 2.34. The third-order valence-electron chi connectivity index (χ3n) is 5.95. The number of aryl methyl sites for hydroxylation is 2. The van der Waals surface area contributed by atoms with Gasteiger partial charge in [0.25, 0.3) is 5.91 Å². The van der Waals surface area contributed by atoms with Crippen molar-refractivity contribution < 1.29 is 18.4 Å². The van der Waals surface area contributed by atoms with Gasteiger partial charge in [-0.2, -0.15) is 0 Å². The number of hydrogen-bond acceptors (Lipinski definition) is 3. The predicted octanol–water partition coefficient (Wildman–Crippen LogP) is 4.96. The van der Waals surface area contributed by atoms with Crippen LogP contribution in [0, 0.1) is 31.4 Å². The number of halogens is 2. The Labute approximate surface area is 183 Å². The zero-order chi connectivity index (χ0) is 22.1. The number of rotatable bonds is 4. The summed E-state index contributed by atoms with van der Waals surface area (Å²) in [5.41, 5.74) is 1.97.